The Bertz CT molecular complexity index is 285. The highest BCUT2D eigenvalue weighted by Crippen LogP contribution is 2.57. The molecule has 1 heterocycles. The average Bonchev–Trinajstić information content (AvgIpc) is 2.32. The number of rotatable bonds is 3. The van der Waals surface area contributed by atoms with Crippen LogP contribution < -0.4 is 0 Å². The predicted molar refractivity (Wildman–Crippen MR) is 75.8 cm³/mol. The van der Waals surface area contributed by atoms with Gasteiger partial charge in [0.1, 0.15) is 3.41 Å². The molecule has 0 unspecified atom stereocenters. The summed E-state index contributed by atoms with van der Waals surface area (Å²) in [5.74, 6) is 3.79. The molecular formula is C12H16S3. The monoisotopic (exact) mass is 256 g/mol. The molecule has 1 fully saturated rings. The SMILES string of the molecule is CCSC1(c2ccccc2)SCCCS1. The topological polar surface area (TPSA) is 0 Å². The molecular weight excluding hydrogens is 240 g/mol. The minimum absolute atomic E-state index is 0.272. The second-order valence-electron chi connectivity index (χ2n) is 3.41. The highest BCUT2D eigenvalue weighted by molar-refractivity contribution is 8.33. The Morgan fingerprint density at radius 1 is 1.20 bits per heavy atom. The molecule has 15 heavy (non-hydrogen) atoms. The normalized spacial score (nSPS) is 20.1. The number of thioether (sulfide) groups is 3. The van der Waals surface area contributed by atoms with Crippen LogP contribution in [-0.2, 0) is 3.41 Å². The maximum absolute atomic E-state index is 2.27. The largest absolute Gasteiger partial charge is 0.132 e. The van der Waals surface area contributed by atoms with Crippen LogP contribution in [0, 0.1) is 0 Å². The maximum Gasteiger partial charge on any atom is 0.132 e. The molecule has 1 aromatic carbocycles. The van der Waals surface area contributed by atoms with E-state index in [0.717, 1.165) is 0 Å². The molecule has 0 bridgehead atoms. The van der Waals surface area contributed by atoms with Crippen LogP contribution in [0.2, 0.25) is 0 Å². The van der Waals surface area contributed by atoms with E-state index in [1.165, 1.54) is 29.2 Å². The van der Waals surface area contributed by atoms with Crippen molar-refractivity contribution in [2.75, 3.05) is 17.3 Å². The minimum Gasteiger partial charge on any atom is -0.129 e. The molecule has 0 N–H and O–H groups in total. The molecule has 2 rings (SSSR count). The van der Waals surface area contributed by atoms with E-state index in [-0.39, 0.29) is 3.41 Å². The molecule has 3 heteroatoms. The lowest BCUT2D eigenvalue weighted by atomic mass is 10.2. The van der Waals surface area contributed by atoms with Gasteiger partial charge >= 0.3 is 0 Å². The molecule has 82 valence electrons. The maximum atomic E-state index is 2.27. The van der Waals surface area contributed by atoms with Gasteiger partial charge in [-0.2, -0.15) is 0 Å². The zero-order chi connectivity index (χ0) is 10.6. The summed E-state index contributed by atoms with van der Waals surface area (Å²) in [6, 6.07) is 11.0. The summed E-state index contributed by atoms with van der Waals surface area (Å²) < 4.78 is 0.272. The van der Waals surface area contributed by atoms with Gasteiger partial charge in [-0.1, -0.05) is 37.3 Å². The first kappa shape index (κ1) is 11.7. The second kappa shape index (κ2) is 5.55. The molecule has 1 aromatic rings. The van der Waals surface area contributed by atoms with Gasteiger partial charge in [0.2, 0.25) is 0 Å². The summed E-state index contributed by atoms with van der Waals surface area (Å²) >= 11 is 6.31. The van der Waals surface area contributed by atoms with E-state index in [9.17, 15) is 0 Å². The van der Waals surface area contributed by atoms with Gasteiger partial charge in [0.05, 0.1) is 0 Å². The first-order valence-corrected chi connectivity index (χ1v) is 8.30. The first-order valence-electron chi connectivity index (χ1n) is 5.35. The van der Waals surface area contributed by atoms with E-state index >= 15 is 0 Å². The van der Waals surface area contributed by atoms with Gasteiger partial charge < -0.3 is 0 Å². The van der Waals surface area contributed by atoms with Crippen molar-refractivity contribution in [2.45, 2.75) is 16.8 Å². The van der Waals surface area contributed by atoms with Gasteiger partial charge in [0.15, 0.2) is 0 Å². The summed E-state index contributed by atoms with van der Waals surface area (Å²) in [5.41, 5.74) is 1.48. The van der Waals surface area contributed by atoms with Crippen LogP contribution in [0.15, 0.2) is 30.3 Å². The van der Waals surface area contributed by atoms with Gasteiger partial charge in [-0.15, -0.1) is 35.3 Å². The van der Waals surface area contributed by atoms with Crippen molar-refractivity contribution in [2.24, 2.45) is 0 Å². The van der Waals surface area contributed by atoms with Gasteiger partial charge in [0, 0.05) is 0 Å². The lowest BCUT2D eigenvalue weighted by Crippen LogP contribution is -2.19. The third-order valence-corrected chi connectivity index (χ3v) is 7.58. The molecule has 0 nitrogen and oxygen atoms in total. The molecule has 0 radical (unpaired) electrons. The van der Waals surface area contributed by atoms with Crippen molar-refractivity contribution in [3.63, 3.8) is 0 Å². The predicted octanol–water partition coefficient (Wildman–Crippen LogP) is 4.42. The fraction of sp³-hybridized carbons (Fsp3) is 0.500. The van der Waals surface area contributed by atoms with Crippen molar-refractivity contribution < 1.29 is 0 Å². The number of benzene rings is 1. The third-order valence-electron chi connectivity index (χ3n) is 2.33. The van der Waals surface area contributed by atoms with Crippen molar-refractivity contribution in [1.29, 1.82) is 0 Å². The Balaban J connectivity index is 2.25. The molecule has 0 saturated carbocycles. The third kappa shape index (κ3) is 2.69. The lowest BCUT2D eigenvalue weighted by Gasteiger charge is -2.35. The summed E-state index contributed by atoms with van der Waals surface area (Å²) in [7, 11) is 0. The minimum atomic E-state index is 0.272. The summed E-state index contributed by atoms with van der Waals surface area (Å²) in [6.07, 6.45) is 1.36. The Hall–Kier alpha value is 0.270. The quantitative estimate of drug-likeness (QED) is 0.786. The van der Waals surface area contributed by atoms with Gasteiger partial charge in [-0.05, 0) is 29.2 Å². The van der Waals surface area contributed by atoms with E-state index in [1.807, 2.05) is 0 Å². The van der Waals surface area contributed by atoms with Gasteiger partial charge in [-0.3, -0.25) is 0 Å². The van der Waals surface area contributed by atoms with Gasteiger partial charge in [0.25, 0.3) is 0 Å². The fourth-order valence-corrected chi connectivity index (χ4v) is 6.97. The average molecular weight is 256 g/mol. The van der Waals surface area contributed by atoms with Crippen LogP contribution >= 0.6 is 35.3 Å². The molecule has 0 atom stereocenters. The van der Waals surface area contributed by atoms with E-state index in [4.69, 9.17) is 0 Å². The summed E-state index contributed by atoms with van der Waals surface area (Å²) in [4.78, 5) is 0. The van der Waals surface area contributed by atoms with Crippen LogP contribution in [0.1, 0.15) is 18.9 Å². The van der Waals surface area contributed by atoms with Gasteiger partial charge in [-0.25, -0.2) is 0 Å². The Labute approximate surface area is 105 Å². The zero-order valence-corrected chi connectivity index (χ0v) is 11.4. The standard InChI is InChI=1S/C12H16S3/c1-2-13-12(14-9-6-10-15-12)11-7-4-3-5-8-11/h3-5,7-8H,2,6,9-10H2,1H3. The first-order chi connectivity index (χ1) is 7.37. The molecule has 0 spiro atoms. The molecule has 0 aliphatic carbocycles. The van der Waals surface area contributed by atoms with E-state index < -0.39 is 0 Å². The molecule has 0 aromatic heterocycles. The van der Waals surface area contributed by atoms with E-state index in [2.05, 4.69) is 72.5 Å². The fourth-order valence-electron chi connectivity index (χ4n) is 1.68. The molecule has 1 aliphatic heterocycles. The second-order valence-corrected chi connectivity index (χ2v) is 8.28. The van der Waals surface area contributed by atoms with Crippen LogP contribution in [0.25, 0.3) is 0 Å². The highest BCUT2D eigenvalue weighted by atomic mass is 32.3. The van der Waals surface area contributed by atoms with E-state index in [1.54, 1.807) is 0 Å². The smallest absolute Gasteiger partial charge is 0.129 e. The van der Waals surface area contributed by atoms with Crippen molar-refractivity contribution in [1.82, 2.24) is 0 Å². The van der Waals surface area contributed by atoms with E-state index in [0.29, 0.717) is 0 Å². The Kier molecular flexibility index (Phi) is 4.35. The Morgan fingerprint density at radius 3 is 2.47 bits per heavy atom. The number of hydrogen-bond acceptors (Lipinski definition) is 3. The zero-order valence-electron chi connectivity index (χ0n) is 8.94. The van der Waals surface area contributed by atoms with Crippen molar-refractivity contribution in [3.05, 3.63) is 35.9 Å². The Morgan fingerprint density at radius 2 is 1.87 bits per heavy atom. The summed E-state index contributed by atoms with van der Waals surface area (Å²) in [6.45, 7) is 2.26. The molecule has 1 saturated heterocycles. The molecule has 1 aliphatic rings. The number of hydrogen-bond donors (Lipinski definition) is 0. The highest BCUT2D eigenvalue weighted by Gasteiger charge is 2.35. The van der Waals surface area contributed by atoms with Crippen molar-refractivity contribution in [3.8, 4) is 0 Å². The van der Waals surface area contributed by atoms with Crippen LogP contribution in [0.3, 0.4) is 0 Å². The van der Waals surface area contributed by atoms with Crippen LogP contribution in [0.5, 0.6) is 0 Å². The lowest BCUT2D eigenvalue weighted by molar-refractivity contribution is 1.08. The van der Waals surface area contributed by atoms with Crippen molar-refractivity contribution >= 4 is 35.3 Å². The van der Waals surface area contributed by atoms with Crippen LogP contribution in [-0.4, -0.2) is 17.3 Å². The van der Waals surface area contributed by atoms with Crippen LogP contribution in [0.4, 0.5) is 0 Å². The molecule has 0 amide bonds. The summed E-state index contributed by atoms with van der Waals surface area (Å²) in [5, 5.41) is 0.